The minimum atomic E-state index is -0.215. The number of nitrogens with one attached hydrogen (secondary N) is 1. The molecule has 5 nitrogen and oxygen atoms in total. The molecule has 126 valence electrons. The summed E-state index contributed by atoms with van der Waals surface area (Å²) in [5, 5.41) is 3.02. The van der Waals surface area contributed by atoms with E-state index in [1.54, 1.807) is 7.11 Å². The molecule has 0 aromatic rings. The second-order valence-corrected chi connectivity index (χ2v) is 6.58. The van der Waals surface area contributed by atoms with Crippen LogP contribution in [0.5, 0.6) is 0 Å². The van der Waals surface area contributed by atoms with Crippen LogP contribution < -0.4 is 5.32 Å². The standard InChI is InChI=1S/C17H30N2O3/c1-4-12(5-2)15(22-3)10-11-19-16(20)13-8-6-7-9-14(13)18-17(19)21/h12-15H,4-11H2,1-3H3,(H,18,21)/t13-,14+,15?/m0/s1. The number of fused-ring (bicyclic) bond motifs is 1. The second-order valence-electron chi connectivity index (χ2n) is 6.58. The van der Waals surface area contributed by atoms with Crippen LogP contribution in [0.3, 0.4) is 0 Å². The van der Waals surface area contributed by atoms with Gasteiger partial charge in [-0.2, -0.15) is 0 Å². The van der Waals surface area contributed by atoms with Crippen molar-refractivity contribution < 1.29 is 14.3 Å². The molecular formula is C17H30N2O3. The Morgan fingerprint density at radius 1 is 1.23 bits per heavy atom. The summed E-state index contributed by atoms with van der Waals surface area (Å²) in [5.74, 6) is 0.490. The maximum absolute atomic E-state index is 12.6. The maximum Gasteiger partial charge on any atom is 0.324 e. The summed E-state index contributed by atoms with van der Waals surface area (Å²) in [6, 6.07) is -0.158. The van der Waals surface area contributed by atoms with E-state index >= 15 is 0 Å². The number of hydrogen-bond donors (Lipinski definition) is 1. The van der Waals surface area contributed by atoms with E-state index in [1.807, 2.05) is 0 Å². The van der Waals surface area contributed by atoms with Gasteiger partial charge < -0.3 is 10.1 Å². The van der Waals surface area contributed by atoms with Crippen LogP contribution in [0.15, 0.2) is 0 Å². The van der Waals surface area contributed by atoms with Crippen LogP contribution >= 0.6 is 0 Å². The quantitative estimate of drug-likeness (QED) is 0.786. The van der Waals surface area contributed by atoms with Gasteiger partial charge in [0.1, 0.15) is 0 Å². The number of urea groups is 1. The third kappa shape index (κ3) is 3.62. The van der Waals surface area contributed by atoms with Crippen LogP contribution in [0, 0.1) is 11.8 Å². The van der Waals surface area contributed by atoms with Crippen LogP contribution in [-0.4, -0.2) is 42.6 Å². The third-order valence-electron chi connectivity index (χ3n) is 5.42. The summed E-state index contributed by atoms with van der Waals surface area (Å²) in [5.41, 5.74) is 0. The molecule has 0 bridgehead atoms. The van der Waals surface area contributed by atoms with Crippen LogP contribution in [0.4, 0.5) is 4.79 Å². The normalized spacial score (nSPS) is 26.8. The van der Waals surface area contributed by atoms with Gasteiger partial charge in [0.2, 0.25) is 5.91 Å². The molecule has 2 fully saturated rings. The number of imide groups is 1. The molecular weight excluding hydrogens is 280 g/mol. The molecule has 0 aromatic heterocycles. The van der Waals surface area contributed by atoms with Gasteiger partial charge in [-0.15, -0.1) is 0 Å². The van der Waals surface area contributed by atoms with E-state index in [-0.39, 0.29) is 30.0 Å². The largest absolute Gasteiger partial charge is 0.381 e. The van der Waals surface area contributed by atoms with Crippen LogP contribution in [0.2, 0.25) is 0 Å². The summed E-state index contributed by atoms with van der Waals surface area (Å²) < 4.78 is 5.59. The number of ether oxygens (including phenoxy) is 1. The summed E-state index contributed by atoms with van der Waals surface area (Å²) in [4.78, 5) is 26.2. The molecule has 1 saturated heterocycles. The molecule has 0 radical (unpaired) electrons. The first-order valence-electron chi connectivity index (χ1n) is 8.77. The molecule has 1 unspecified atom stereocenters. The van der Waals surface area contributed by atoms with Crippen molar-refractivity contribution in [3.8, 4) is 0 Å². The highest BCUT2D eigenvalue weighted by molar-refractivity contribution is 5.98. The van der Waals surface area contributed by atoms with Crippen molar-refractivity contribution >= 4 is 11.9 Å². The van der Waals surface area contributed by atoms with Crippen molar-refractivity contribution in [1.29, 1.82) is 0 Å². The molecule has 5 heteroatoms. The Labute approximate surface area is 133 Å². The minimum absolute atomic E-state index is 0.0133. The first-order chi connectivity index (χ1) is 10.6. The molecule has 1 aliphatic heterocycles. The summed E-state index contributed by atoms with van der Waals surface area (Å²) in [6.45, 7) is 4.78. The Morgan fingerprint density at radius 3 is 2.55 bits per heavy atom. The molecule has 1 aliphatic carbocycles. The van der Waals surface area contributed by atoms with E-state index < -0.39 is 0 Å². The van der Waals surface area contributed by atoms with Gasteiger partial charge in [0, 0.05) is 19.7 Å². The smallest absolute Gasteiger partial charge is 0.324 e. The predicted molar refractivity (Wildman–Crippen MR) is 85.5 cm³/mol. The first kappa shape index (κ1) is 17.3. The molecule has 0 spiro atoms. The van der Waals surface area contributed by atoms with E-state index in [0.29, 0.717) is 12.5 Å². The van der Waals surface area contributed by atoms with Gasteiger partial charge in [0.25, 0.3) is 0 Å². The van der Waals surface area contributed by atoms with Gasteiger partial charge >= 0.3 is 6.03 Å². The first-order valence-corrected chi connectivity index (χ1v) is 8.77. The van der Waals surface area contributed by atoms with Gasteiger partial charge in [0.15, 0.2) is 0 Å². The number of carbonyl (C=O) groups excluding carboxylic acids is 2. The molecule has 1 heterocycles. The highest BCUT2D eigenvalue weighted by atomic mass is 16.5. The Kier molecular flexibility index (Phi) is 6.24. The van der Waals surface area contributed by atoms with Crippen molar-refractivity contribution in [2.24, 2.45) is 11.8 Å². The molecule has 1 saturated carbocycles. The molecule has 1 N–H and O–H groups in total. The predicted octanol–water partition coefficient (Wildman–Crippen LogP) is 2.94. The molecule has 0 aromatic carbocycles. The minimum Gasteiger partial charge on any atom is -0.381 e. The lowest BCUT2D eigenvalue weighted by molar-refractivity contribution is -0.136. The zero-order valence-corrected chi connectivity index (χ0v) is 14.1. The lowest BCUT2D eigenvalue weighted by Gasteiger charge is -2.40. The van der Waals surface area contributed by atoms with E-state index in [1.165, 1.54) is 4.90 Å². The number of nitrogens with zero attached hydrogens (tertiary/aromatic N) is 1. The Balaban J connectivity index is 1.96. The lowest BCUT2D eigenvalue weighted by atomic mass is 9.82. The number of carbonyl (C=O) groups is 2. The summed E-state index contributed by atoms with van der Waals surface area (Å²) in [6.07, 6.45) is 6.98. The summed E-state index contributed by atoms with van der Waals surface area (Å²) in [7, 11) is 1.72. The van der Waals surface area contributed by atoms with Crippen molar-refractivity contribution in [2.75, 3.05) is 13.7 Å². The molecule has 2 rings (SSSR count). The highest BCUT2D eigenvalue weighted by Crippen LogP contribution is 2.29. The average Bonchev–Trinajstić information content (AvgIpc) is 2.53. The molecule has 2 aliphatic rings. The van der Waals surface area contributed by atoms with Crippen molar-refractivity contribution in [2.45, 2.75) is 70.9 Å². The molecule has 3 amide bonds. The van der Waals surface area contributed by atoms with Crippen molar-refractivity contribution in [3.05, 3.63) is 0 Å². The topological polar surface area (TPSA) is 58.6 Å². The van der Waals surface area contributed by atoms with E-state index in [9.17, 15) is 9.59 Å². The molecule has 3 atom stereocenters. The monoisotopic (exact) mass is 310 g/mol. The van der Waals surface area contributed by atoms with Gasteiger partial charge in [-0.05, 0) is 25.2 Å². The average molecular weight is 310 g/mol. The number of amides is 3. The fourth-order valence-electron chi connectivity index (χ4n) is 3.96. The van der Waals surface area contributed by atoms with Crippen LogP contribution in [0.25, 0.3) is 0 Å². The Hall–Kier alpha value is -1.10. The van der Waals surface area contributed by atoms with Crippen molar-refractivity contribution in [3.63, 3.8) is 0 Å². The van der Waals surface area contributed by atoms with E-state index in [4.69, 9.17) is 4.74 Å². The zero-order chi connectivity index (χ0) is 16.1. The zero-order valence-electron chi connectivity index (χ0n) is 14.1. The number of rotatable bonds is 7. The Bertz CT molecular complexity index is 395. The third-order valence-corrected chi connectivity index (χ3v) is 5.42. The second kappa shape index (κ2) is 7.95. The lowest BCUT2D eigenvalue weighted by Crippen LogP contribution is -2.61. The van der Waals surface area contributed by atoms with Gasteiger partial charge in [-0.3, -0.25) is 9.69 Å². The maximum atomic E-state index is 12.6. The summed E-state index contributed by atoms with van der Waals surface area (Å²) >= 11 is 0. The number of hydrogen-bond acceptors (Lipinski definition) is 3. The highest BCUT2D eigenvalue weighted by Gasteiger charge is 2.41. The van der Waals surface area contributed by atoms with Crippen molar-refractivity contribution in [1.82, 2.24) is 10.2 Å². The fraction of sp³-hybridized carbons (Fsp3) is 0.882. The van der Waals surface area contributed by atoms with Gasteiger partial charge in [-0.25, -0.2) is 4.79 Å². The van der Waals surface area contributed by atoms with Crippen LogP contribution in [0.1, 0.15) is 58.8 Å². The van der Waals surface area contributed by atoms with Gasteiger partial charge in [-0.1, -0.05) is 39.5 Å². The number of methoxy groups -OCH3 is 1. The van der Waals surface area contributed by atoms with Gasteiger partial charge in [0.05, 0.1) is 12.0 Å². The van der Waals surface area contributed by atoms with Crippen LogP contribution in [-0.2, 0) is 9.53 Å². The van der Waals surface area contributed by atoms with E-state index in [2.05, 4.69) is 19.2 Å². The Morgan fingerprint density at radius 2 is 1.91 bits per heavy atom. The molecule has 22 heavy (non-hydrogen) atoms. The van der Waals surface area contributed by atoms with E-state index in [0.717, 1.165) is 44.9 Å². The SMILES string of the molecule is CCC(CC)C(CCN1C(=O)N[C@@H]2CCCC[C@@H]2C1=O)OC. The fourth-order valence-corrected chi connectivity index (χ4v) is 3.96.